The van der Waals surface area contributed by atoms with Crippen molar-refractivity contribution in [2.75, 3.05) is 19.7 Å². The Morgan fingerprint density at radius 1 is 1.03 bits per heavy atom. The number of ketones is 1. The summed E-state index contributed by atoms with van der Waals surface area (Å²) in [4.78, 5) is 14.8. The van der Waals surface area contributed by atoms with Gasteiger partial charge in [0, 0.05) is 42.0 Å². The fourth-order valence-corrected chi connectivity index (χ4v) is 5.21. The van der Waals surface area contributed by atoms with Crippen LogP contribution in [0.3, 0.4) is 0 Å². The van der Waals surface area contributed by atoms with E-state index in [0.717, 1.165) is 41.8 Å². The highest BCUT2D eigenvalue weighted by atomic mass is 16.5. The molecule has 0 radical (unpaired) electrons. The van der Waals surface area contributed by atoms with Gasteiger partial charge in [-0.25, -0.2) is 0 Å². The molecule has 35 heavy (non-hydrogen) atoms. The van der Waals surface area contributed by atoms with Gasteiger partial charge in [0.25, 0.3) is 0 Å². The number of hydrogen-bond donors (Lipinski definition) is 1. The number of rotatable bonds is 7. The summed E-state index contributed by atoms with van der Waals surface area (Å²) in [5.41, 5.74) is 7.55. The van der Waals surface area contributed by atoms with Gasteiger partial charge in [-0.05, 0) is 68.7 Å². The number of carbonyl (C=O) groups is 1. The van der Waals surface area contributed by atoms with Gasteiger partial charge in [0.2, 0.25) is 0 Å². The van der Waals surface area contributed by atoms with Crippen LogP contribution in [0.15, 0.2) is 66.7 Å². The Hall–Kier alpha value is -3.41. The third-order valence-electron chi connectivity index (χ3n) is 6.94. The molecule has 1 N–H and O–H groups in total. The van der Waals surface area contributed by atoms with Crippen LogP contribution in [0.2, 0.25) is 0 Å². The molecule has 0 aliphatic carbocycles. The van der Waals surface area contributed by atoms with Gasteiger partial charge in [-0.2, -0.15) is 0 Å². The first-order chi connectivity index (χ1) is 16.9. The standard InChI is InChI=1S/C30H32N2O3/c1-20-8-10-25(11-9-20)32-21(2)30(22(3)33)28-16-27(12-13-29(28)32)35-19-26(34)18-31-15-14-23-6-4-5-7-24(23)17-31/h4-13,16,26,34H,14-15,17-19H2,1-3H3/t26-/m1/s1. The van der Waals surface area contributed by atoms with Crippen LogP contribution in [0.1, 0.15) is 39.7 Å². The number of benzene rings is 3. The summed E-state index contributed by atoms with van der Waals surface area (Å²) in [6.45, 7) is 8.22. The highest BCUT2D eigenvalue weighted by molar-refractivity contribution is 6.09. The minimum absolute atomic E-state index is 0.0286. The highest BCUT2D eigenvalue weighted by Crippen LogP contribution is 2.32. The molecule has 5 heteroatoms. The molecule has 0 amide bonds. The number of β-amino-alcohol motifs (C(OH)–C–C–N with tert-alkyl or cyclic N) is 1. The summed E-state index contributed by atoms with van der Waals surface area (Å²) in [5.74, 6) is 0.685. The Morgan fingerprint density at radius 3 is 2.51 bits per heavy atom. The fourth-order valence-electron chi connectivity index (χ4n) is 5.21. The summed E-state index contributed by atoms with van der Waals surface area (Å²) in [5, 5.41) is 11.5. The lowest BCUT2D eigenvalue weighted by molar-refractivity contribution is 0.0638. The number of aliphatic hydroxyl groups is 1. The number of nitrogens with zero attached hydrogens (tertiary/aromatic N) is 2. The fraction of sp³-hybridized carbons (Fsp3) is 0.300. The first-order valence-electron chi connectivity index (χ1n) is 12.2. The van der Waals surface area contributed by atoms with Gasteiger partial charge >= 0.3 is 0 Å². The Balaban J connectivity index is 1.33. The quantitative estimate of drug-likeness (QED) is 0.377. The largest absolute Gasteiger partial charge is 0.491 e. The molecule has 4 aromatic rings. The number of hydrogen-bond acceptors (Lipinski definition) is 4. The Bertz CT molecular complexity index is 1370. The van der Waals surface area contributed by atoms with Crippen molar-refractivity contribution < 1.29 is 14.6 Å². The van der Waals surface area contributed by atoms with E-state index >= 15 is 0 Å². The van der Waals surface area contributed by atoms with Crippen molar-refractivity contribution in [1.29, 1.82) is 0 Å². The lowest BCUT2D eigenvalue weighted by atomic mass is 10.00. The van der Waals surface area contributed by atoms with Gasteiger partial charge in [-0.3, -0.25) is 9.69 Å². The lowest BCUT2D eigenvalue weighted by Crippen LogP contribution is -2.38. The SMILES string of the molecule is CC(=O)c1c(C)n(-c2ccc(C)cc2)c2ccc(OC[C@H](O)CN3CCc4ccccc4C3)cc12. The Labute approximate surface area is 206 Å². The van der Waals surface area contributed by atoms with Gasteiger partial charge in [-0.15, -0.1) is 0 Å². The van der Waals surface area contributed by atoms with Crippen molar-refractivity contribution in [2.45, 2.75) is 39.8 Å². The van der Waals surface area contributed by atoms with Gasteiger partial charge in [0.05, 0.1) is 5.52 Å². The monoisotopic (exact) mass is 468 g/mol. The van der Waals surface area contributed by atoms with Crippen LogP contribution in [-0.4, -0.2) is 46.2 Å². The minimum atomic E-state index is -0.595. The molecule has 1 atom stereocenters. The van der Waals surface area contributed by atoms with Gasteiger partial charge in [0.1, 0.15) is 18.5 Å². The predicted molar refractivity (Wildman–Crippen MR) is 140 cm³/mol. The van der Waals surface area contributed by atoms with Crippen LogP contribution < -0.4 is 4.74 Å². The zero-order chi connectivity index (χ0) is 24.5. The number of aryl methyl sites for hydroxylation is 1. The molecule has 1 aromatic heterocycles. The maximum atomic E-state index is 12.6. The normalized spacial score (nSPS) is 14.6. The van der Waals surface area contributed by atoms with E-state index in [1.54, 1.807) is 6.92 Å². The second-order valence-corrected chi connectivity index (χ2v) is 9.59. The average molecular weight is 469 g/mol. The van der Waals surface area contributed by atoms with E-state index in [9.17, 15) is 9.90 Å². The molecule has 0 fully saturated rings. The van der Waals surface area contributed by atoms with E-state index in [1.807, 2.05) is 25.1 Å². The van der Waals surface area contributed by atoms with Gasteiger partial charge in [0.15, 0.2) is 5.78 Å². The molecular weight excluding hydrogens is 436 g/mol. The molecule has 5 nitrogen and oxygen atoms in total. The van der Waals surface area contributed by atoms with E-state index in [1.165, 1.54) is 16.7 Å². The van der Waals surface area contributed by atoms with E-state index in [0.29, 0.717) is 17.9 Å². The molecule has 2 heterocycles. The number of Topliss-reactive ketones (excluding diaryl/α,β-unsaturated/α-hetero) is 1. The van der Waals surface area contributed by atoms with E-state index in [-0.39, 0.29) is 12.4 Å². The number of ether oxygens (including phenoxy) is 1. The molecule has 180 valence electrons. The van der Waals surface area contributed by atoms with E-state index < -0.39 is 6.10 Å². The molecule has 0 bridgehead atoms. The molecule has 1 aliphatic rings. The van der Waals surface area contributed by atoms with Crippen molar-refractivity contribution in [1.82, 2.24) is 9.47 Å². The minimum Gasteiger partial charge on any atom is -0.491 e. The topological polar surface area (TPSA) is 54.7 Å². The van der Waals surface area contributed by atoms with Crippen LogP contribution in [0.4, 0.5) is 0 Å². The van der Waals surface area contributed by atoms with Crippen molar-refractivity contribution in [3.8, 4) is 11.4 Å². The molecular formula is C30H32N2O3. The van der Waals surface area contributed by atoms with Crippen molar-refractivity contribution in [2.24, 2.45) is 0 Å². The third kappa shape index (κ3) is 4.75. The van der Waals surface area contributed by atoms with Crippen LogP contribution in [-0.2, 0) is 13.0 Å². The zero-order valence-electron chi connectivity index (χ0n) is 20.6. The molecule has 0 spiro atoms. The number of carbonyl (C=O) groups excluding carboxylic acids is 1. The maximum Gasteiger partial charge on any atom is 0.162 e. The van der Waals surface area contributed by atoms with Crippen LogP contribution in [0.5, 0.6) is 5.75 Å². The van der Waals surface area contributed by atoms with Gasteiger partial charge < -0.3 is 14.4 Å². The summed E-state index contributed by atoms with van der Waals surface area (Å²) in [6.07, 6.45) is 0.410. The van der Waals surface area contributed by atoms with Crippen LogP contribution >= 0.6 is 0 Å². The van der Waals surface area contributed by atoms with Crippen molar-refractivity contribution >= 4 is 16.7 Å². The molecule has 5 rings (SSSR count). The van der Waals surface area contributed by atoms with Crippen molar-refractivity contribution in [3.05, 3.63) is 94.7 Å². The summed E-state index contributed by atoms with van der Waals surface area (Å²) in [7, 11) is 0. The number of fused-ring (bicyclic) bond motifs is 2. The number of aliphatic hydroxyl groups excluding tert-OH is 1. The maximum absolute atomic E-state index is 12.6. The Morgan fingerprint density at radius 2 is 1.77 bits per heavy atom. The zero-order valence-corrected chi connectivity index (χ0v) is 20.6. The second kappa shape index (κ2) is 9.68. The van der Waals surface area contributed by atoms with Crippen LogP contribution in [0.25, 0.3) is 16.6 Å². The predicted octanol–water partition coefficient (Wildman–Crippen LogP) is 5.25. The summed E-state index contributed by atoms with van der Waals surface area (Å²) < 4.78 is 8.12. The Kier molecular flexibility index (Phi) is 6.46. The third-order valence-corrected chi connectivity index (χ3v) is 6.94. The molecule has 0 saturated carbocycles. The van der Waals surface area contributed by atoms with E-state index in [4.69, 9.17) is 4.74 Å². The summed E-state index contributed by atoms with van der Waals surface area (Å²) >= 11 is 0. The lowest BCUT2D eigenvalue weighted by Gasteiger charge is -2.30. The highest BCUT2D eigenvalue weighted by Gasteiger charge is 2.21. The van der Waals surface area contributed by atoms with Crippen LogP contribution in [0, 0.1) is 13.8 Å². The molecule has 0 unspecified atom stereocenters. The van der Waals surface area contributed by atoms with Gasteiger partial charge in [-0.1, -0.05) is 42.0 Å². The first-order valence-corrected chi connectivity index (χ1v) is 12.2. The average Bonchev–Trinajstić information content (AvgIpc) is 3.14. The molecule has 1 aliphatic heterocycles. The second-order valence-electron chi connectivity index (χ2n) is 9.59. The summed E-state index contributed by atoms with van der Waals surface area (Å²) in [6, 6.07) is 22.6. The first kappa shape index (κ1) is 23.3. The number of aromatic nitrogens is 1. The molecule has 0 saturated heterocycles. The van der Waals surface area contributed by atoms with E-state index in [2.05, 4.69) is 64.9 Å². The molecule has 3 aromatic carbocycles. The van der Waals surface area contributed by atoms with Crippen molar-refractivity contribution in [3.63, 3.8) is 0 Å². The smallest absolute Gasteiger partial charge is 0.162 e.